The van der Waals surface area contributed by atoms with Crippen molar-refractivity contribution in [3.8, 4) is 11.5 Å². The van der Waals surface area contributed by atoms with Crippen LogP contribution >= 0.6 is 11.3 Å². The summed E-state index contributed by atoms with van der Waals surface area (Å²) in [4.78, 5) is 4.33. The summed E-state index contributed by atoms with van der Waals surface area (Å²) in [7, 11) is 1.19. The molecular formula is C17H19N3O4S2. The Morgan fingerprint density at radius 3 is 2.38 bits per heavy atom. The van der Waals surface area contributed by atoms with Gasteiger partial charge < -0.3 is 14.0 Å². The van der Waals surface area contributed by atoms with Crippen molar-refractivity contribution in [2.45, 2.75) is 10.3 Å². The maximum atomic E-state index is 12.8. The average Bonchev–Trinajstić information content (AvgIpc) is 3.31. The van der Waals surface area contributed by atoms with Gasteiger partial charge in [0.25, 0.3) is 10.0 Å². The third-order valence-electron chi connectivity index (χ3n) is 3.86. The van der Waals surface area contributed by atoms with Gasteiger partial charge in [0.15, 0.2) is 0 Å². The van der Waals surface area contributed by atoms with Crippen molar-refractivity contribution >= 4 is 21.4 Å². The number of rotatable bonds is 7. The second kappa shape index (κ2) is 7.48. The van der Waals surface area contributed by atoms with E-state index in [2.05, 4.69) is 9.71 Å². The number of hydrogen-bond acceptors (Lipinski definition) is 6. The van der Waals surface area contributed by atoms with Gasteiger partial charge in [-0.2, -0.15) is 4.72 Å². The van der Waals surface area contributed by atoms with Crippen LogP contribution in [0.4, 0.5) is 0 Å². The quantitative estimate of drug-likeness (QED) is 0.667. The second-order valence-electron chi connectivity index (χ2n) is 5.53. The minimum atomic E-state index is -3.71. The number of aryl methyl sites for hydroxylation is 1. The highest BCUT2D eigenvalue weighted by molar-refractivity contribution is 7.91. The first-order valence-electron chi connectivity index (χ1n) is 7.70. The fraction of sp³-hybridized carbons (Fsp3) is 0.235. The Morgan fingerprint density at radius 1 is 1.19 bits per heavy atom. The van der Waals surface area contributed by atoms with Crippen LogP contribution in [0.25, 0.3) is 0 Å². The van der Waals surface area contributed by atoms with Gasteiger partial charge in [0.1, 0.15) is 27.6 Å². The van der Waals surface area contributed by atoms with Crippen molar-refractivity contribution in [2.75, 3.05) is 14.2 Å². The molecule has 0 aliphatic rings. The Bertz CT molecular complexity index is 959. The van der Waals surface area contributed by atoms with Crippen molar-refractivity contribution in [1.82, 2.24) is 14.3 Å². The molecule has 0 bridgehead atoms. The molecule has 3 rings (SSSR count). The van der Waals surface area contributed by atoms with Crippen molar-refractivity contribution in [1.29, 1.82) is 0 Å². The normalized spacial score (nSPS) is 12.7. The molecule has 0 aliphatic carbocycles. The van der Waals surface area contributed by atoms with Crippen LogP contribution in [0.15, 0.2) is 52.3 Å². The van der Waals surface area contributed by atoms with Gasteiger partial charge >= 0.3 is 0 Å². The summed E-state index contributed by atoms with van der Waals surface area (Å²) in [5.74, 6) is 1.68. The maximum absolute atomic E-state index is 12.8. The first-order chi connectivity index (χ1) is 12.4. The van der Waals surface area contributed by atoms with E-state index in [-0.39, 0.29) is 4.21 Å². The lowest BCUT2D eigenvalue weighted by atomic mass is 10.1. The first kappa shape index (κ1) is 18.4. The number of nitrogens with one attached hydrogen (secondary N) is 1. The van der Waals surface area contributed by atoms with Crippen LogP contribution in [0.1, 0.15) is 17.4 Å². The topological polar surface area (TPSA) is 82.4 Å². The summed E-state index contributed by atoms with van der Waals surface area (Å²) >= 11 is 1.16. The predicted octanol–water partition coefficient (Wildman–Crippen LogP) is 2.57. The number of benzene rings is 1. The Labute approximate surface area is 156 Å². The van der Waals surface area contributed by atoms with Gasteiger partial charge in [0.2, 0.25) is 0 Å². The number of hydrogen-bond donors (Lipinski definition) is 1. The average molecular weight is 393 g/mol. The van der Waals surface area contributed by atoms with E-state index in [4.69, 9.17) is 9.47 Å². The molecule has 1 unspecified atom stereocenters. The zero-order valence-electron chi connectivity index (χ0n) is 14.5. The Hall–Kier alpha value is -2.36. The second-order valence-corrected chi connectivity index (χ2v) is 8.42. The van der Waals surface area contributed by atoms with Gasteiger partial charge in [-0.15, -0.1) is 11.3 Å². The van der Waals surface area contributed by atoms with Crippen molar-refractivity contribution in [3.63, 3.8) is 0 Å². The summed E-state index contributed by atoms with van der Waals surface area (Å²) in [5.41, 5.74) is 0.663. The Morgan fingerprint density at radius 2 is 1.88 bits per heavy atom. The zero-order chi connectivity index (χ0) is 18.7. The number of thiophene rings is 1. The standard InChI is InChI=1S/C17H19N3O4S2/c1-20-7-6-18-17(20)16(19-26(21,22)15-5-4-8-25-15)12-9-13(23-2)11-14(10-12)24-3/h4-11,16,19H,1-3H3. The molecule has 0 saturated heterocycles. The monoisotopic (exact) mass is 393 g/mol. The number of imidazole rings is 1. The van der Waals surface area contributed by atoms with Gasteiger partial charge in [0.05, 0.1) is 14.2 Å². The highest BCUT2D eigenvalue weighted by Gasteiger charge is 2.27. The van der Waals surface area contributed by atoms with Gasteiger partial charge in [-0.25, -0.2) is 13.4 Å². The molecule has 1 N–H and O–H groups in total. The Kier molecular flexibility index (Phi) is 5.30. The molecule has 0 saturated carbocycles. The highest BCUT2D eigenvalue weighted by atomic mass is 32.2. The summed E-state index contributed by atoms with van der Waals surface area (Å²) in [6.45, 7) is 0. The fourth-order valence-electron chi connectivity index (χ4n) is 2.55. The molecule has 2 heterocycles. The molecule has 26 heavy (non-hydrogen) atoms. The van der Waals surface area contributed by atoms with Gasteiger partial charge in [-0.05, 0) is 29.1 Å². The SMILES string of the molecule is COc1cc(OC)cc(C(NS(=O)(=O)c2cccs2)c2nccn2C)c1. The van der Waals surface area contributed by atoms with E-state index in [1.807, 2.05) is 7.05 Å². The largest absolute Gasteiger partial charge is 0.497 e. The third-order valence-corrected chi connectivity index (χ3v) is 6.68. The van der Waals surface area contributed by atoms with Crippen LogP contribution in [0.3, 0.4) is 0 Å². The summed E-state index contributed by atoms with van der Waals surface area (Å²) < 4.78 is 41.0. The van der Waals surface area contributed by atoms with E-state index in [9.17, 15) is 8.42 Å². The molecule has 0 spiro atoms. The number of sulfonamides is 1. The van der Waals surface area contributed by atoms with Crippen LogP contribution in [-0.4, -0.2) is 32.2 Å². The molecule has 0 radical (unpaired) electrons. The van der Waals surface area contributed by atoms with E-state index < -0.39 is 16.1 Å². The lowest BCUT2D eigenvalue weighted by Crippen LogP contribution is -2.30. The minimum absolute atomic E-state index is 0.242. The van der Waals surface area contributed by atoms with E-state index in [0.717, 1.165) is 11.3 Å². The third kappa shape index (κ3) is 3.74. The smallest absolute Gasteiger partial charge is 0.251 e. The van der Waals surface area contributed by atoms with Crippen molar-refractivity contribution < 1.29 is 17.9 Å². The lowest BCUT2D eigenvalue weighted by Gasteiger charge is -2.20. The molecule has 7 nitrogen and oxygen atoms in total. The van der Waals surface area contributed by atoms with E-state index in [0.29, 0.717) is 22.9 Å². The minimum Gasteiger partial charge on any atom is -0.497 e. The number of methoxy groups -OCH3 is 2. The number of nitrogens with zero attached hydrogens (tertiary/aromatic N) is 2. The zero-order valence-corrected chi connectivity index (χ0v) is 16.2. The molecule has 0 amide bonds. The van der Waals surface area contributed by atoms with Gasteiger partial charge in [-0.3, -0.25) is 0 Å². The predicted molar refractivity (Wildman–Crippen MR) is 99.2 cm³/mol. The van der Waals surface area contributed by atoms with E-state index >= 15 is 0 Å². The number of ether oxygens (including phenoxy) is 2. The first-order valence-corrected chi connectivity index (χ1v) is 10.1. The molecule has 0 fully saturated rings. The Balaban J connectivity index is 2.10. The van der Waals surface area contributed by atoms with E-state index in [1.165, 1.54) is 0 Å². The van der Waals surface area contributed by atoms with E-state index in [1.54, 1.807) is 66.9 Å². The summed E-state index contributed by atoms with van der Waals surface area (Å²) in [6.07, 6.45) is 3.39. The molecule has 1 aromatic carbocycles. The summed E-state index contributed by atoms with van der Waals surface area (Å²) in [5, 5.41) is 1.72. The van der Waals surface area contributed by atoms with Crippen molar-refractivity contribution in [2.24, 2.45) is 7.05 Å². The highest BCUT2D eigenvalue weighted by Crippen LogP contribution is 2.31. The van der Waals surface area contributed by atoms with Gasteiger partial charge in [0, 0.05) is 25.5 Å². The number of aromatic nitrogens is 2. The van der Waals surface area contributed by atoms with Crippen LogP contribution in [0.2, 0.25) is 0 Å². The van der Waals surface area contributed by atoms with Crippen LogP contribution in [0.5, 0.6) is 11.5 Å². The van der Waals surface area contributed by atoms with Crippen molar-refractivity contribution in [3.05, 3.63) is 59.5 Å². The lowest BCUT2D eigenvalue weighted by molar-refractivity contribution is 0.392. The molecule has 9 heteroatoms. The van der Waals surface area contributed by atoms with Gasteiger partial charge in [-0.1, -0.05) is 6.07 Å². The molecule has 138 valence electrons. The van der Waals surface area contributed by atoms with Crippen LogP contribution in [-0.2, 0) is 17.1 Å². The fourth-order valence-corrected chi connectivity index (χ4v) is 4.74. The maximum Gasteiger partial charge on any atom is 0.251 e. The molecule has 3 aromatic rings. The molecule has 1 atom stereocenters. The van der Waals surface area contributed by atoms with Crippen LogP contribution < -0.4 is 14.2 Å². The molecule has 2 aromatic heterocycles. The van der Waals surface area contributed by atoms with Crippen LogP contribution in [0, 0.1) is 0 Å². The molecule has 0 aliphatic heterocycles. The molecular weight excluding hydrogens is 374 g/mol. The summed E-state index contributed by atoms with van der Waals surface area (Å²) in [6, 6.07) is 7.81.